The second kappa shape index (κ2) is 12.2. The number of esters is 1. The number of aliphatic hydroxyl groups excluding tert-OH is 3. The molecule has 3 N–H and O–H groups in total. The zero-order valence-electron chi connectivity index (χ0n) is 21.8. The Morgan fingerprint density at radius 1 is 1.24 bits per heavy atom. The van der Waals surface area contributed by atoms with E-state index < -0.39 is 61.4 Å². The van der Waals surface area contributed by atoms with Crippen LogP contribution < -0.4 is 4.89 Å². The van der Waals surface area contributed by atoms with Crippen LogP contribution in [-0.4, -0.2) is 52.0 Å². The maximum absolute atomic E-state index is 13.0. The van der Waals surface area contributed by atoms with Crippen LogP contribution in [-0.2, 0) is 27.9 Å². The van der Waals surface area contributed by atoms with Crippen molar-refractivity contribution in [1.82, 2.24) is 0 Å². The molecule has 1 heterocycles. The van der Waals surface area contributed by atoms with Crippen molar-refractivity contribution in [3.8, 4) is 0 Å². The number of aliphatic hydroxyl groups is 3. The molecule has 2 unspecified atom stereocenters. The molecule has 2 rings (SSSR count). The summed E-state index contributed by atoms with van der Waals surface area (Å²) < 4.78 is 26.7. The first-order valence-corrected chi connectivity index (χ1v) is 13.1. The molecule has 204 valence electrons. The summed E-state index contributed by atoms with van der Waals surface area (Å²) in [5, 5.41) is 28.9. The standard InChI is InChI=1S/C26H35O10P/c1-7-15(2)9-8-10-16(3)11-12-18-17(4)21(28)20(13-26(18,5)6)36-37(32,33)34-14-19(27)24-22(29)23(30)25(31)35-24/h7-12,19-20,24,27,29-30H,13-14H2,1-6H3,(H,32,33)/p-1/b9-8+,12-11+,15-7+,16-10+/t19-,20?,24+/m0/s1. The second-order valence-corrected chi connectivity index (χ2v) is 11.0. The molecule has 0 amide bonds. The number of carbonyl (C=O) groups is 2. The summed E-state index contributed by atoms with van der Waals surface area (Å²) in [7, 11) is -5.09. The molecule has 2 aliphatic rings. The van der Waals surface area contributed by atoms with Crippen LogP contribution in [0.5, 0.6) is 0 Å². The van der Waals surface area contributed by atoms with Gasteiger partial charge >= 0.3 is 5.97 Å². The van der Waals surface area contributed by atoms with Crippen LogP contribution in [0, 0.1) is 5.41 Å². The van der Waals surface area contributed by atoms with Crippen LogP contribution in [0.1, 0.15) is 48.0 Å². The van der Waals surface area contributed by atoms with Gasteiger partial charge in [0.2, 0.25) is 5.76 Å². The van der Waals surface area contributed by atoms with Crippen LogP contribution >= 0.6 is 7.82 Å². The number of allylic oxidation sites excluding steroid dienone is 9. The van der Waals surface area contributed by atoms with E-state index in [0.717, 1.165) is 16.7 Å². The van der Waals surface area contributed by atoms with E-state index in [2.05, 4.69) is 9.26 Å². The first-order valence-electron chi connectivity index (χ1n) is 11.7. The van der Waals surface area contributed by atoms with Gasteiger partial charge in [0.05, 0.1) is 6.61 Å². The molecule has 0 bridgehead atoms. The van der Waals surface area contributed by atoms with Gasteiger partial charge in [-0.3, -0.25) is 9.36 Å². The van der Waals surface area contributed by atoms with Gasteiger partial charge in [-0.25, -0.2) is 4.79 Å². The summed E-state index contributed by atoms with van der Waals surface area (Å²) in [4.78, 5) is 36.6. The number of Topliss-reactive ketones (excluding diaryl/α,β-unsaturated/α-hetero) is 1. The Balaban J connectivity index is 2.10. The molecular weight excluding hydrogens is 503 g/mol. The average Bonchev–Trinajstić information content (AvgIpc) is 3.07. The number of phosphoric ester groups is 1. The fourth-order valence-corrected chi connectivity index (χ4v) is 4.75. The lowest BCUT2D eigenvalue weighted by molar-refractivity contribution is -0.232. The molecule has 37 heavy (non-hydrogen) atoms. The van der Waals surface area contributed by atoms with E-state index in [9.17, 15) is 34.4 Å². The van der Waals surface area contributed by atoms with Crippen molar-refractivity contribution in [3.05, 3.63) is 70.3 Å². The lowest BCUT2D eigenvalue weighted by atomic mass is 9.71. The number of phosphoric acid groups is 1. The van der Waals surface area contributed by atoms with Crippen LogP contribution in [0.3, 0.4) is 0 Å². The highest BCUT2D eigenvalue weighted by Crippen LogP contribution is 2.47. The molecule has 0 saturated heterocycles. The monoisotopic (exact) mass is 537 g/mol. The summed E-state index contributed by atoms with van der Waals surface area (Å²) in [5.74, 6) is -3.81. The smallest absolute Gasteiger partial charge is 0.377 e. The van der Waals surface area contributed by atoms with Gasteiger partial charge < -0.3 is 34.0 Å². The van der Waals surface area contributed by atoms with E-state index >= 15 is 0 Å². The van der Waals surface area contributed by atoms with E-state index in [1.807, 2.05) is 71.1 Å². The van der Waals surface area contributed by atoms with Gasteiger partial charge in [0.15, 0.2) is 17.6 Å². The van der Waals surface area contributed by atoms with Gasteiger partial charge in [-0.1, -0.05) is 61.4 Å². The number of cyclic esters (lactones) is 1. The number of carbonyl (C=O) groups excluding carboxylic acids is 2. The van der Waals surface area contributed by atoms with Crippen molar-refractivity contribution in [1.29, 1.82) is 0 Å². The Morgan fingerprint density at radius 3 is 2.46 bits per heavy atom. The number of ketones is 1. The maximum Gasteiger partial charge on any atom is 0.377 e. The van der Waals surface area contributed by atoms with E-state index in [1.165, 1.54) is 0 Å². The Kier molecular flexibility index (Phi) is 10.0. The molecule has 0 aromatic carbocycles. The quantitative estimate of drug-likeness (QED) is 0.212. The minimum atomic E-state index is -5.09. The molecule has 0 aromatic heterocycles. The number of ether oxygens (including phenoxy) is 1. The molecule has 0 radical (unpaired) electrons. The number of hydrogen-bond acceptors (Lipinski definition) is 10. The summed E-state index contributed by atoms with van der Waals surface area (Å²) in [6, 6.07) is 0. The maximum atomic E-state index is 13.0. The molecule has 0 aromatic rings. The lowest BCUT2D eigenvalue weighted by Crippen LogP contribution is -2.38. The van der Waals surface area contributed by atoms with E-state index in [4.69, 9.17) is 4.52 Å². The van der Waals surface area contributed by atoms with Crippen molar-refractivity contribution in [2.75, 3.05) is 6.61 Å². The zero-order valence-corrected chi connectivity index (χ0v) is 22.7. The predicted octanol–water partition coefficient (Wildman–Crippen LogP) is 3.81. The Bertz CT molecular complexity index is 1150. The minimum Gasteiger partial charge on any atom is -0.756 e. The minimum absolute atomic E-state index is 0.0573. The highest BCUT2D eigenvalue weighted by atomic mass is 31.2. The summed E-state index contributed by atoms with van der Waals surface area (Å²) >= 11 is 0. The van der Waals surface area contributed by atoms with Crippen LogP contribution in [0.2, 0.25) is 0 Å². The van der Waals surface area contributed by atoms with E-state index in [-0.39, 0.29) is 6.42 Å². The van der Waals surface area contributed by atoms with E-state index in [0.29, 0.717) is 5.57 Å². The third-order valence-electron chi connectivity index (χ3n) is 6.13. The lowest BCUT2D eigenvalue weighted by Gasteiger charge is -2.38. The molecule has 10 nitrogen and oxygen atoms in total. The predicted molar refractivity (Wildman–Crippen MR) is 134 cm³/mol. The molecule has 1 aliphatic carbocycles. The van der Waals surface area contributed by atoms with Gasteiger partial charge in [0, 0.05) is 0 Å². The summed E-state index contributed by atoms with van der Waals surface area (Å²) in [6.45, 7) is 10.3. The van der Waals surface area contributed by atoms with Crippen LogP contribution in [0.25, 0.3) is 0 Å². The Hall–Kier alpha value is -2.75. The second-order valence-electron chi connectivity index (χ2n) is 9.59. The molecule has 0 saturated carbocycles. The molecular formula is C26H34O10P-. The van der Waals surface area contributed by atoms with E-state index in [1.54, 1.807) is 6.92 Å². The third kappa shape index (κ3) is 7.87. The van der Waals surface area contributed by atoms with Crippen molar-refractivity contribution in [3.63, 3.8) is 0 Å². The number of hydrogen-bond donors (Lipinski definition) is 3. The van der Waals surface area contributed by atoms with Crippen molar-refractivity contribution < 1.29 is 48.2 Å². The van der Waals surface area contributed by atoms with Gasteiger partial charge in [-0.15, -0.1) is 0 Å². The van der Waals surface area contributed by atoms with Crippen molar-refractivity contribution in [2.45, 2.75) is 66.3 Å². The first kappa shape index (κ1) is 30.5. The highest BCUT2D eigenvalue weighted by Gasteiger charge is 2.42. The van der Waals surface area contributed by atoms with Gasteiger partial charge in [0.1, 0.15) is 12.2 Å². The van der Waals surface area contributed by atoms with Crippen molar-refractivity contribution >= 4 is 19.6 Å². The van der Waals surface area contributed by atoms with Crippen LogP contribution in [0.15, 0.2) is 70.3 Å². The highest BCUT2D eigenvalue weighted by molar-refractivity contribution is 7.45. The summed E-state index contributed by atoms with van der Waals surface area (Å²) in [5.41, 5.74) is 2.58. The van der Waals surface area contributed by atoms with Gasteiger partial charge in [0.25, 0.3) is 7.82 Å². The fourth-order valence-electron chi connectivity index (χ4n) is 3.87. The summed E-state index contributed by atoms with van der Waals surface area (Å²) in [6.07, 6.45) is 6.77. The average molecular weight is 538 g/mol. The Labute approximate surface area is 216 Å². The molecule has 0 spiro atoms. The molecule has 1 aliphatic heterocycles. The molecule has 4 atom stereocenters. The van der Waals surface area contributed by atoms with Gasteiger partial charge in [-0.05, 0) is 50.7 Å². The number of rotatable bonds is 10. The fraction of sp³-hybridized carbons (Fsp3) is 0.462. The zero-order chi connectivity index (χ0) is 28.1. The Morgan fingerprint density at radius 2 is 1.89 bits per heavy atom. The normalized spacial score (nSPS) is 25.8. The third-order valence-corrected chi connectivity index (χ3v) is 7.10. The molecule has 0 fully saturated rings. The topological polar surface area (TPSA) is 163 Å². The van der Waals surface area contributed by atoms with Crippen LogP contribution in [0.4, 0.5) is 0 Å². The largest absolute Gasteiger partial charge is 0.756 e. The molecule has 11 heteroatoms. The SMILES string of the molecule is C/C=C(C)/C=C/C=C(C)/C=C/C1=C(C)C(=O)C(OP(=O)([O-])OC[C@H](O)[C@H]2OC(=O)C(O)=C2O)CC1(C)C. The van der Waals surface area contributed by atoms with Gasteiger partial charge in [-0.2, -0.15) is 0 Å². The first-order chi connectivity index (χ1) is 17.1. The van der Waals surface area contributed by atoms with Crippen molar-refractivity contribution in [2.24, 2.45) is 5.41 Å².